The van der Waals surface area contributed by atoms with E-state index in [1.165, 1.54) is 0 Å². The molecule has 74 valence electrons. The lowest BCUT2D eigenvalue weighted by Gasteiger charge is -1.95. The van der Waals surface area contributed by atoms with Crippen molar-refractivity contribution in [3.05, 3.63) is 11.7 Å². The number of rotatable bonds is 3. The van der Waals surface area contributed by atoms with Gasteiger partial charge in [-0.05, 0) is 6.42 Å². The Balaban J connectivity index is 2.64. The molecule has 1 aromatic heterocycles. The quantitative estimate of drug-likeness (QED) is 0.725. The van der Waals surface area contributed by atoms with Crippen molar-refractivity contribution in [2.24, 2.45) is 0 Å². The number of aryl methyl sites for hydroxylation is 1. The highest BCUT2D eigenvalue weighted by atomic mass is 35.5. The molecule has 13 heavy (non-hydrogen) atoms. The van der Waals surface area contributed by atoms with Crippen molar-refractivity contribution in [1.29, 1.82) is 0 Å². The van der Waals surface area contributed by atoms with Crippen molar-refractivity contribution in [2.45, 2.75) is 19.0 Å². The van der Waals surface area contributed by atoms with Crippen LogP contribution < -0.4 is 0 Å². The van der Waals surface area contributed by atoms with E-state index in [2.05, 4.69) is 14.7 Å². The summed E-state index contributed by atoms with van der Waals surface area (Å²) in [5.74, 6) is -0.922. The van der Waals surface area contributed by atoms with Gasteiger partial charge in [0, 0.05) is 12.3 Å². The second-order valence-corrected chi connectivity index (χ2v) is 2.68. The first kappa shape index (κ1) is 10.3. The van der Waals surface area contributed by atoms with Crippen molar-refractivity contribution in [3.63, 3.8) is 0 Å². The van der Waals surface area contributed by atoms with Crippen LogP contribution in [0.2, 0.25) is 0 Å². The van der Waals surface area contributed by atoms with Crippen LogP contribution in [0.4, 0.5) is 13.2 Å². The van der Waals surface area contributed by atoms with Crippen LogP contribution in [0.15, 0.2) is 4.52 Å². The Hall–Kier alpha value is -0.780. The van der Waals surface area contributed by atoms with Gasteiger partial charge < -0.3 is 4.52 Å². The molecule has 0 atom stereocenters. The second kappa shape index (κ2) is 3.95. The lowest BCUT2D eigenvalue weighted by Crippen LogP contribution is -2.07. The Morgan fingerprint density at radius 2 is 2.08 bits per heavy atom. The van der Waals surface area contributed by atoms with Crippen LogP contribution >= 0.6 is 11.6 Å². The molecule has 0 radical (unpaired) electrons. The van der Waals surface area contributed by atoms with Gasteiger partial charge in [0.05, 0.1) is 0 Å². The predicted octanol–water partition coefficient (Wildman–Crippen LogP) is 2.26. The first-order chi connectivity index (χ1) is 6.04. The molecule has 1 heterocycles. The first-order valence-corrected chi connectivity index (χ1v) is 4.03. The van der Waals surface area contributed by atoms with E-state index in [-0.39, 0.29) is 12.3 Å². The Bertz CT molecular complexity index is 273. The Kier molecular flexibility index (Phi) is 3.13. The van der Waals surface area contributed by atoms with Crippen molar-refractivity contribution < 1.29 is 17.7 Å². The van der Waals surface area contributed by atoms with Gasteiger partial charge in [-0.2, -0.15) is 18.2 Å². The molecule has 0 saturated heterocycles. The maximum Gasteiger partial charge on any atom is 0.455 e. The Morgan fingerprint density at radius 1 is 1.38 bits per heavy atom. The van der Waals surface area contributed by atoms with E-state index in [1.807, 2.05) is 0 Å². The van der Waals surface area contributed by atoms with Crippen LogP contribution in [0, 0.1) is 0 Å². The van der Waals surface area contributed by atoms with Crippen LogP contribution in [0.25, 0.3) is 0 Å². The minimum absolute atomic E-state index is 0.0343. The standard InChI is InChI=1S/C6H6ClF3N2O/c7-3-1-2-4-11-5(12-13-4)6(8,9)10/h1-3H2. The van der Waals surface area contributed by atoms with Gasteiger partial charge in [0.15, 0.2) is 0 Å². The van der Waals surface area contributed by atoms with E-state index in [9.17, 15) is 13.2 Å². The third kappa shape index (κ3) is 2.87. The summed E-state index contributed by atoms with van der Waals surface area (Å²) < 4.78 is 40.1. The van der Waals surface area contributed by atoms with Gasteiger partial charge in [-0.25, -0.2) is 0 Å². The molecule has 0 aliphatic carbocycles. The molecule has 0 aliphatic heterocycles. The van der Waals surface area contributed by atoms with Gasteiger partial charge in [0.2, 0.25) is 5.89 Å². The Morgan fingerprint density at radius 3 is 2.54 bits per heavy atom. The molecule has 0 aromatic carbocycles. The van der Waals surface area contributed by atoms with E-state index < -0.39 is 12.0 Å². The summed E-state index contributed by atoms with van der Waals surface area (Å²) in [5.41, 5.74) is 0. The third-order valence-electron chi connectivity index (χ3n) is 1.25. The fraction of sp³-hybridized carbons (Fsp3) is 0.667. The summed E-state index contributed by atoms with van der Waals surface area (Å²) in [6.45, 7) is 0. The fourth-order valence-corrected chi connectivity index (χ4v) is 0.823. The molecule has 0 fully saturated rings. The van der Waals surface area contributed by atoms with Crippen LogP contribution in [0.5, 0.6) is 0 Å². The van der Waals surface area contributed by atoms with Crippen LogP contribution in [0.1, 0.15) is 18.1 Å². The van der Waals surface area contributed by atoms with E-state index in [4.69, 9.17) is 11.6 Å². The number of alkyl halides is 4. The second-order valence-electron chi connectivity index (χ2n) is 2.30. The van der Waals surface area contributed by atoms with Gasteiger partial charge in [-0.15, -0.1) is 11.6 Å². The molecule has 1 aromatic rings. The molecular weight excluding hydrogens is 209 g/mol. The molecule has 0 unspecified atom stereocenters. The van der Waals surface area contributed by atoms with Gasteiger partial charge >= 0.3 is 6.18 Å². The fourth-order valence-electron chi connectivity index (χ4n) is 0.690. The van der Waals surface area contributed by atoms with E-state index in [1.54, 1.807) is 0 Å². The zero-order valence-corrected chi connectivity index (χ0v) is 7.19. The normalized spacial score (nSPS) is 12.0. The SMILES string of the molecule is FC(F)(F)c1noc(CCCCl)n1. The van der Waals surface area contributed by atoms with E-state index in [0.29, 0.717) is 12.3 Å². The molecule has 7 heteroatoms. The van der Waals surface area contributed by atoms with E-state index >= 15 is 0 Å². The van der Waals surface area contributed by atoms with Crippen LogP contribution in [0.3, 0.4) is 0 Å². The van der Waals surface area contributed by atoms with Gasteiger partial charge in [0.1, 0.15) is 0 Å². The van der Waals surface area contributed by atoms with Crippen LogP contribution in [-0.4, -0.2) is 16.0 Å². The van der Waals surface area contributed by atoms with Crippen molar-refractivity contribution in [1.82, 2.24) is 10.1 Å². The lowest BCUT2D eigenvalue weighted by molar-refractivity contribution is -0.146. The number of hydrogen-bond acceptors (Lipinski definition) is 3. The van der Waals surface area contributed by atoms with Crippen molar-refractivity contribution in [2.75, 3.05) is 5.88 Å². The van der Waals surface area contributed by atoms with Crippen molar-refractivity contribution in [3.8, 4) is 0 Å². The Labute approximate surface area is 76.9 Å². The zero-order valence-electron chi connectivity index (χ0n) is 6.44. The molecule has 0 spiro atoms. The van der Waals surface area contributed by atoms with Gasteiger partial charge in [0.25, 0.3) is 5.82 Å². The monoisotopic (exact) mass is 214 g/mol. The molecule has 3 nitrogen and oxygen atoms in total. The third-order valence-corrected chi connectivity index (χ3v) is 1.51. The van der Waals surface area contributed by atoms with Crippen LogP contribution in [-0.2, 0) is 12.6 Å². The zero-order chi connectivity index (χ0) is 9.90. The minimum Gasteiger partial charge on any atom is -0.339 e. The summed E-state index contributed by atoms with van der Waals surface area (Å²) in [6, 6.07) is 0. The highest BCUT2D eigenvalue weighted by Gasteiger charge is 2.37. The van der Waals surface area contributed by atoms with Crippen molar-refractivity contribution >= 4 is 11.6 Å². The van der Waals surface area contributed by atoms with Gasteiger partial charge in [-0.1, -0.05) is 5.16 Å². The maximum absolute atomic E-state index is 11.9. The summed E-state index contributed by atoms with van der Waals surface area (Å²) in [4.78, 5) is 3.16. The molecule has 1 rings (SSSR count). The largest absolute Gasteiger partial charge is 0.455 e. The molecule has 0 aliphatic rings. The summed E-state index contributed by atoms with van der Waals surface area (Å²) in [6.07, 6.45) is -3.75. The molecular formula is C6H6ClF3N2O. The maximum atomic E-state index is 11.9. The van der Waals surface area contributed by atoms with Gasteiger partial charge in [-0.3, -0.25) is 0 Å². The summed E-state index contributed by atoms with van der Waals surface area (Å²) in [7, 11) is 0. The number of aromatic nitrogens is 2. The first-order valence-electron chi connectivity index (χ1n) is 3.50. The molecule has 0 N–H and O–H groups in total. The highest BCUT2D eigenvalue weighted by molar-refractivity contribution is 6.17. The highest BCUT2D eigenvalue weighted by Crippen LogP contribution is 2.26. The minimum atomic E-state index is -4.54. The smallest absolute Gasteiger partial charge is 0.339 e. The molecule has 0 amide bonds. The van der Waals surface area contributed by atoms with E-state index in [0.717, 1.165) is 0 Å². The lowest BCUT2D eigenvalue weighted by atomic mass is 10.3. The molecule has 0 bridgehead atoms. The predicted molar refractivity (Wildman–Crippen MR) is 38.3 cm³/mol. The summed E-state index contributed by atoms with van der Waals surface area (Å²) in [5, 5.41) is 2.79. The number of nitrogens with zero attached hydrogens (tertiary/aromatic N) is 2. The number of hydrogen-bond donors (Lipinski definition) is 0. The summed E-state index contributed by atoms with van der Waals surface area (Å²) >= 11 is 5.34. The average molecular weight is 215 g/mol. The number of halogens is 4. The topological polar surface area (TPSA) is 38.9 Å². The molecule has 0 saturated carbocycles. The average Bonchev–Trinajstić information content (AvgIpc) is 2.47.